The van der Waals surface area contributed by atoms with Crippen LogP contribution in [0.5, 0.6) is 0 Å². The highest BCUT2D eigenvalue weighted by Gasteiger charge is 2.21. The van der Waals surface area contributed by atoms with Gasteiger partial charge in [0.2, 0.25) is 11.6 Å². The van der Waals surface area contributed by atoms with Crippen LogP contribution in [0.1, 0.15) is 43.9 Å². The summed E-state index contributed by atoms with van der Waals surface area (Å²) in [5.74, 6) is 1.28. The predicted octanol–water partition coefficient (Wildman–Crippen LogP) is 2.85. The molecule has 0 amide bonds. The molecule has 2 aromatic rings. The molecule has 2 heterocycles. The van der Waals surface area contributed by atoms with Gasteiger partial charge in [0.15, 0.2) is 5.52 Å². The quantitative estimate of drug-likeness (QED) is 0.797. The molecule has 4 heteroatoms. The van der Waals surface area contributed by atoms with E-state index in [1.54, 1.807) is 12.3 Å². The van der Waals surface area contributed by atoms with E-state index in [2.05, 4.69) is 9.97 Å². The number of nitrogens with zero attached hydrogens (tertiary/aromatic N) is 2. The summed E-state index contributed by atoms with van der Waals surface area (Å²) in [6, 6.07) is 1.76. The van der Waals surface area contributed by atoms with Crippen LogP contribution in [0.4, 0.5) is 5.69 Å². The second kappa shape index (κ2) is 3.77. The summed E-state index contributed by atoms with van der Waals surface area (Å²) < 4.78 is 5.69. The zero-order chi connectivity index (χ0) is 11.0. The Balaban J connectivity index is 2.01. The van der Waals surface area contributed by atoms with Crippen LogP contribution in [-0.2, 0) is 0 Å². The first-order valence-electron chi connectivity index (χ1n) is 5.85. The van der Waals surface area contributed by atoms with Gasteiger partial charge in [-0.3, -0.25) is 0 Å². The third-order valence-corrected chi connectivity index (χ3v) is 3.30. The minimum atomic E-state index is 0.461. The van der Waals surface area contributed by atoms with Crippen molar-refractivity contribution in [3.8, 4) is 0 Å². The van der Waals surface area contributed by atoms with E-state index in [-0.39, 0.29) is 0 Å². The van der Waals surface area contributed by atoms with Gasteiger partial charge in [-0.2, -0.15) is 0 Å². The molecule has 0 atom stereocenters. The Morgan fingerprint density at radius 3 is 2.81 bits per heavy atom. The molecule has 1 aliphatic rings. The van der Waals surface area contributed by atoms with Crippen LogP contribution >= 0.6 is 0 Å². The minimum absolute atomic E-state index is 0.461. The molecule has 1 fully saturated rings. The fourth-order valence-corrected chi connectivity index (χ4v) is 2.39. The van der Waals surface area contributed by atoms with Gasteiger partial charge in [0.1, 0.15) is 0 Å². The molecule has 0 unspecified atom stereocenters. The van der Waals surface area contributed by atoms with Crippen molar-refractivity contribution in [1.29, 1.82) is 0 Å². The van der Waals surface area contributed by atoms with Gasteiger partial charge >= 0.3 is 0 Å². The number of rotatable bonds is 1. The number of pyridine rings is 1. The molecule has 2 N–H and O–H groups in total. The maximum Gasteiger partial charge on any atom is 0.249 e. The molecule has 16 heavy (non-hydrogen) atoms. The standard InChI is InChI=1S/C12H15N3O/c13-9-6-7-14-12-10(9)15-11(16-12)8-4-2-1-3-5-8/h6-8H,1-5H2,(H2,13,14). The van der Waals surface area contributed by atoms with Crippen LogP contribution in [-0.4, -0.2) is 9.97 Å². The molecule has 0 aromatic carbocycles. The zero-order valence-corrected chi connectivity index (χ0v) is 9.15. The summed E-state index contributed by atoms with van der Waals surface area (Å²) >= 11 is 0. The van der Waals surface area contributed by atoms with Gasteiger partial charge < -0.3 is 10.2 Å². The van der Waals surface area contributed by atoms with E-state index in [9.17, 15) is 0 Å². The van der Waals surface area contributed by atoms with Crippen molar-refractivity contribution in [2.24, 2.45) is 0 Å². The monoisotopic (exact) mass is 217 g/mol. The molecular weight excluding hydrogens is 202 g/mol. The fraction of sp³-hybridized carbons (Fsp3) is 0.500. The molecule has 2 aromatic heterocycles. The molecule has 0 bridgehead atoms. The molecule has 0 spiro atoms. The molecule has 0 aliphatic heterocycles. The van der Waals surface area contributed by atoms with Crippen molar-refractivity contribution in [3.63, 3.8) is 0 Å². The smallest absolute Gasteiger partial charge is 0.249 e. The van der Waals surface area contributed by atoms with E-state index in [0.29, 0.717) is 22.8 Å². The average molecular weight is 217 g/mol. The van der Waals surface area contributed by atoms with Gasteiger partial charge in [0.05, 0.1) is 5.69 Å². The number of fused-ring (bicyclic) bond motifs is 1. The number of hydrogen-bond acceptors (Lipinski definition) is 4. The Morgan fingerprint density at radius 2 is 2.06 bits per heavy atom. The zero-order valence-electron chi connectivity index (χ0n) is 9.15. The van der Waals surface area contributed by atoms with Gasteiger partial charge in [0, 0.05) is 12.1 Å². The average Bonchev–Trinajstić information content (AvgIpc) is 2.76. The van der Waals surface area contributed by atoms with E-state index in [1.165, 1.54) is 32.1 Å². The topological polar surface area (TPSA) is 64.9 Å². The first-order valence-corrected chi connectivity index (χ1v) is 5.85. The van der Waals surface area contributed by atoms with E-state index < -0.39 is 0 Å². The molecule has 84 valence electrons. The summed E-state index contributed by atoms with van der Waals surface area (Å²) in [4.78, 5) is 8.63. The maximum absolute atomic E-state index is 5.84. The van der Waals surface area contributed by atoms with Gasteiger partial charge in [0.25, 0.3) is 0 Å². The molecule has 1 aliphatic carbocycles. The predicted molar refractivity (Wildman–Crippen MR) is 62.0 cm³/mol. The Hall–Kier alpha value is -1.58. The number of oxazole rings is 1. The van der Waals surface area contributed by atoms with E-state index >= 15 is 0 Å². The summed E-state index contributed by atoms with van der Waals surface area (Å²) in [6.07, 6.45) is 7.88. The van der Waals surface area contributed by atoms with Crippen molar-refractivity contribution in [2.45, 2.75) is 38.0 Å². The van der Waals surface area contributed by atoms with Crippen molar-refractivity contribution < 1.29 is 4.42 Å². The number of nitrogen functional groups attached to an aromatic ring is 1. The summed E-state index contributed by atoms with van der Waals surface area (Å²) in [5, 5.41) is 0. The van der Waals surface area contributed by atoms with Crippen molar-refractivity contribution in [3.05, 3.63) is 18.2 Å². The van der Waals surface area contributed by atoms with Crippen LogP contribution in [0, 0.1) is 0 Å². The van der Waals surface area contributed by atoms with Gasteiger partial charge in [-0.1, -0.05) is 19.3 Å². The molecular formula is C12H15N3O. The molecule has 0 radical (unpaired) electrons. The number of anilines is 1. The minimum Gasteiger partial charge on any atom is -0.422 e. The number of nitrogens with two attached hydrogens (primary N) is 1. The van der Waals surface area contributed by atoms with Gasteiger partial charge in [-0.05, 0) is 18.9 Å². The first kappa shape index (κ1) is 9.63. The summed E-state index contributed by atoms with van der Waals surface area (Å²) in [7, 11) is 0. The van der Waals surface area contributed by atoms with Crippen molar-refractivity contribution >= 4 is 16.9 Å². The van der Waals surface area contributed by atoms with Crippen LogP contribution in [0.25, 0.3) is 11.2 Å². The highest BCUT2D eigenvalue weighted by molar-refractivity contribution is 5.82. The van der Waals surface area contributed by atoms with E-state index in [0.717, 1.165) is 5.89 Å². The van der Waals surface area contributed by atoms with Crippen LogP contribution < -0.4 is 5.73 Å². The van der Waals surface area contributed by atoms with E-state index in [1.807, 2.05) is 0 Å². The van der Waals surface area contributed by atoms with Crippen molar-refractivity contribution in [1.82, 2.24) is 9.97 Å². The van der Waals surface area contributed by atoms with Crippen molar-refractivity contribution in [2.75, 3.05) is 5.73 Å². The Labute approximate surface area is 93.9 Å². The Morgan fingerprint density at radius 1 is 1.25 bits per heavy atom. The van der Waals surface area contributed by atoms with Gasteiger partial charge in [-0.25, -0.2) is 9.97 Å². The highest BCUT2D eigenvalue weighted by Crippen LogP contribution is 2.33. The Bertz CT molecular complexity index is 500. The fourth-order valence-electron chi connectivity index (χ4n) is 2.39. The Kier molecular flexibility index (Phi) is 2.27. The maximum atomic E-state index is 5.84. The van der Waals surface area contributed by atoms with E-state index in [4.69, 9.17) is 10.2 Å². The highest BCUT2D eigenvalue weighted by atomic mass is 16.4. The number of hydrogen-bond donors (Lipinski definition) is 1. The SMILES string of the molecule is Nc1ccnc2oc(C3CCCCC3)nc12. The van der Waals surface area contributed by atoms with Gasteiger partial charge in [-0.15, -0.1) is 0 Å². The van der Waals surface area contributed by atoms with Crippen LogP contribution in [0.3, 0.4) is 0 Å². The third kappa shape index (κ3) is 1.54. The third-order valence-electron chi connectivity index (χ3n) is 3.30. The summed E-state index contributed by atoms with van der Waals surface area (Å²) in [6.45, 7) is 0. The largest absolute Gasteiger partial charge is 0.422 e. The normalized spacial score (nSPS) is 18.0. The second-order valence-electron chi connectivity index (χ2n) is 4.44. The second-order valence-corrected chi connectivity index (χ2v) is 4.44. The number of aromatic nitrogens is 2. The lowest BCUT2D eigenvalue weighted by Gasteiger charge is -2.17. The lowest BCUT2D eigenvalue weighted by Crippen LogP contribution is -2.04. The molecule has 1 saturated carbocycles. The van der Waals surface area contributed by atoms with Crippen LogP contribution in [0.15, 0.2) is 16.7 Å². The molecule has 0 saturated heterocycles. The first-order chi connectivity index (χ1) is 7.84. The van der Waals surface area contributed by atoms with Crippen LogP contribution in [0.2, 0.25) is 0 Å². The molecule has 4 nitrogen and oxygen atoms in total. The molecule has 3 rings (SSSR count). The summed E-state index contributed by atoms with van der Waals surface area (Å²) in [5.41, 5.74) is 7.77. The lowest BCUT2D eigenvalue weighted by atomic mass is 9.89. The lowest BCUT2D eigenvalue weighted by molar-refractivity contribution is 0.371.